The standard InChI is InChI=1S/C16H12Cl2N2O4S/c1-24-13-5-2-8(17)6-11(13)14(21)20-16(25)19-9-3-4-10(15(22)23)12(18)7-9/h2-7H,1H3,(H,22,23)(H2,19,20,21,25). The Bertz CT molecular complexity index is 858. The number of carboxylic acid groups (broad SMARTS) is 1. The number of rotatable bonds is 4. The SMILES string of the molecule is COc1ccc(Cl)cc1C(=O)NC(=S)Nc1ccc(C(=O)O)c(Cl)c1. The summed E-state index contributed by atoms with van der Waals surface area (Å²) in [6, 6.07) is 8.82. The predicted molar refractivity (Wildman–Crippen MR) is 100 cm³/mol. The number of carbonyl (C=O) groups excluding carboxylic acids is 1. The second kappa shape index (κ2) is 8.15. The summed E-state index contributed by atoms with van der Waals surface area (Å²) in [4.78, 5) is 23.2. The number of carbonyl (C=O) groups is 2. The lowest BCUT2D eigenvalue weighted by Gasteiger charge is -2.12. The maximum Gasteiger partial charge on any atom is 0.337 e. The van der Waals surface area contributed by atoms with Gasteiger partial charge in [0, 0.05) is 10.7 Å². The number of ether oxygens (including phenoxy) is 1. The summed E-state index contributed by atoms with van der Waals surface area (Å²) < 4.78 is 5.12. The third-order valence-corrected chi connectivity index (χ3v) is 3.84. The molecule has 2 aromatic rings. The van der Waals surface area contributed by atoms with Crippen molar-refractivity contribution in [1.29, 1.82) is 0 Å². The van der Waals surface area contributed by atoms with Gasteiger partial charge in [-0.1, -0.05) is 23.2 Å². The van der Waals surface area contributed by atoms with E-state index in [0.717, 1.165) is 0 Å². The molecule has 6 nitrogen and oxygen atoms in total. The monoisotopic (exact) mass is 398 g/mol. The average Bonchev–Trinajstić information content (AvgIpc) is 2.54. The second-order valence-electron chi connectivity index (χ2n) is 4.75. The molecule has 0 saturated carbocycles. The van der Waals surface area contributed by atoms with Crippen LogP contribution in [0.25, 0.3) is 0 Å². The number of hydrogen-bond donors (Lipinski definition) is 3. The van der Waals surface area contributed by atoms with E-state index in [1.807, 2.05) is 0 Å². The van der Waals surface area contributed by atoms with Gasteiger partial charge in [-0.15, -0.1) is 0 Å². The molecule has 130 valence electrons. The van der Waals surface area contributed by atoms with Crippen molar-refractivity contribution in [2.75, 3.05) is 12.4 Å². The topological polar surface area (TPSA) is 87.7 Å². The summed E-state index contributed by atoms with van der Waals surface area (Å²) >= 11 is 16.9. The van der Waals surface area contributed by atoms with E-state index < -0.39 is 11.9 Å². The molecule has 1 amide bonds. The Labute approximate surface area is 158 Å². The summed E-state index contributed by atoms with van der Waals surface area (Å²) in [5.41, 5.74) is 0.614. The average molecular weight is 399 g/mol. The number of halogens is 2. The van der Waals surface area contributed by atoms with Crippen LogP contribution in [-0.4, -0.2) is 29.2 Å². The van der Waals surface area contributed by atoms with E-state index in [1.165, 1.54) is 31.4 Å². The molecule has 0 radical (unpaired) electrons. The van der Waals surface area contributed by atoms with E-state index in [0.29, 0.717) is 16.5 Å². The van der Waals surface area contributed by atoms with Crippen molar-refractivity contribution in [2.24, 2.45) is 0 Å². The molecule has 0 aliphatic carbocycles. The highest BCUT2D eigenvalue weighted by atomic mass is 35.5. The molecule has 3 N–H and O–H groups in total. The zero-order valence-corrected chi connectivity index (χ0v) is 15.1. The lowest BCUT2D eigenvalue weighted by molar-refractivity contribution is 0.0697. The van der Waals surface area contributed by atoms with Crippen LogP contribution in [0.3, 0.4) is 0 Å². The lowest BCUT2D eigenvalue weighted by Crippen LogP contribution is -2.34. The van der Waals surface area contributed by atoms with Crippen LogP contribution in [0, 0.1) is 0 Å². The van der Waals surface area contributed by atoms with Gasteiger partial charge in [0.05, 0.1) is 23.3 Å². The van der Waals surface area contributed by atoms with E-state index in [-0.39, 0.29) is 21.3 Å². The van der Waals surface area contributed by atoms with Crippen LogP contribution >= 0.6 is 35.4 Å². The number of hydrogen-bond acceptors (Lipinski definition) is 4. The highest BCUT2D eigenvalue weighted by Crippen LogP contribution is 2.23. The molecule has 25 heavy (non-hydrogen) atoms. The number of thiocarbonyl (C=S) groups is 1. The summed E-state index contributed by atoms with van der Waals surface area (Å²) in [5.74, 6) is -1.30. The molecular weight excluding hydrogens is 387 g/mol. The quantitative estimate of drug-likeness (QED) is 0.678. The molecule has 0 aliphatic heterocycles. The minimum Gasteiger partial charge on any atom is -0.496 e. The third-order valence-electron chi connectivity index (χ3n) is 3.09. The van der Waals surface area contributed by atoms with Gasteiger partial charge in [-0.05, 0) is 48.6 Å². The van der Waals surface area contributed by atoms with Gasteiger partial charge in [-0.2, -0.15) is 0 Å². The molecule has 9 heteroatoms. The largest absolute Gasteiger partial charge is 0.496 e. The Morgan fingerprint density at radius 3 is 2.44 bits per heavy atom. The Kier molecular flexibility index (Phi) is 6.19. The Morgan fingerprint density at radius 2 is 1.84 bits per heavy atom. The summed E-state index contributed by atoms with van der Waals surface area (Å²) in [6.07, 6.45) is 0. The molecule has 2 aromatic carbocycles. The van der Waals surface area contributed by atoms with Crippen molar-refractivity contribution in [3.8, 4) is 5.75 Å². The maximum absolute atomic E-state index is 12.3. The van der Waals surface area contributed by atoms with Gasteiger partial charge in [0.25, 0.3) is 5.91 Å². The van der Waals surface area contributed by atoms with E-state index in [9.17, 15) is 9.59 Å². The van der Waals surface area contributed by atoms with Crippen LogP contribution in [0.4, 0.5) is 5.69 Å². The number of anilines is 1. The van der Waals surface area contributed by atoms with E-state index >= 15 is 0 Å². The smallest absolute Gasteiger partial charge is 0.337 e. The van der Waals surface area contributed by atoms with Crippen molar-refractivity contribution in [3.63, 3.8) is 0 Å². The molecule has 0 bridgehead atoms. The van der Waals surface area contributed by atoms with Gasteiger partial charge < -0.3 is 15.2 Å². The van der Waals surface area contributed by atoms with E-state index in [2.05, 4.69) is 10.6 Å². The highest BCUT2D eigenvalue weighted by Gasteiger charge is 2.15. The second-order valence-corrected chi connectivity index (χ2v) is 6.00. The van der Waals surface area contributed by atoms with Gasteiger partial charge in [-0.25, -0.2) is 4.79 Å². The number of methoxy groups -OCH3 is 1. The Hall–Kier alpha value is -2.35. The zero-order valence-electron chi connectivity index (χ0n) is 12.8. The number of aromatic carboxylic acids is 1. The van der Waals surface area contributed by atoms with Crippen LogP contribution in [0.2, 0.25) is 10.0 Å². The van der Waals surface area contributed by atoms with Crippen molar-refractivity contribution < 1.29 is 19.4 Å². The molecule has 0 heterocycles. The number of carboxylic acids is 1. The molecule has 0 unspecified atom stereocenters. The van der Waals surface area contributed by atoms with E-state index in [1.54, 1.807) is 12.1 Å². The normalized spacial score (nSPS) is 10.0. The van der Waals surface area contributed by atoms with Crippen LogP contribution in [0.15, 0.2) is 36.4 Å². The third kappa shape index (κ3) is 4.82. The number of nitrogens with one attached hydrogen (secondary N) is 2. The summed E-state index contributed by atoms with van der Waals surface area (Å²) in [5, 5.41) is 14.6. The van der Waals surface area contributed by atoms with Crippen LogP contribution in [0.1, 0.15) is 20.7 Å². The van der Waals surface area contributed by atoms with Gasteiger partial charge in [0.2, 0.25) is 0 Å². The minimum absolute atomic E-state index is 0.00571. The first-order valence-corrected chi connectivity index (χ1v) is 7.97. The van der Waals surface area contributed by atoms with Gasteiger partial charge >= 0.3 is 5.97 Å². The van der Waals surface area contributed by atoms with Crippen molar-refractivity contribution >= 4 is 58.1 Å². The molecule has 2 rings (SSSR count). The summed E-state index contributed by atoms with van der Waals surface area (Å²) in [6.45, 7) is 0. The first-order chi connectivity index (χ1) is 11.8. The molecule has 0 saturated heterocycles. The van der Waals surface area contributed by atoms with Crippen LogP contribution in [-0.2, 0) is 0 Å². The van der Waals surface area contributed by atoms with Gasteiger partial charge in [-0.3, -0.25) is 10.1 Å². The molecular formula is C16H12Cl2N2O4S. The van der Waals surface area contributed by atoms with Crippen molar-refractivity contribution in [1.82, 2.24) is 5.32 Å². The first-order valence-electron chi connectivity index (χ1n) is 6.80. The molecule has 0 spiro atoms. The van der Waals surface area contributed by atoms with Crippen molar-refractivity contribution in [3.05, 3.63) is 57.6 Å². The fourth-order valence-corrected chi connectivity index (χ4v) is 2.60. The minimum atomic E-state index is -1.14. The maximum atomic E-state index is 12.3. The highest BCUT2D eigenvalue weighted by molar-refractivity contribution is 7.80. The van der Waals surface area contributed by atoms with Crippen LogP contribution in [0.5, 0.6) is 5.75 Å². The van der Waals surface area contributed by atoms with Crippen molar-refractivity contribution in [2.45, 2.75) is 0 Å². The zero-order chi connectivity index (χ0) is 18.6. The van der Waals surface area contributed by atoms with Crippen LogP contribution < -0.4 is 15.4 Å². The molecule has 0 aliphatic rings. The molecule has 0 aromatic heterocycles. The number of benzene rings is 2. The van der Waals surface area contributed by atoms with E-state index in [4.69, 9.17) is 45.3 Å². The van der Waals surface area contributed by atoms with Gasteiger partial charge in [0.1, 0.15) is 5.75 Å². The summed E-state index contributed by atoms with van der Waals surface area (Å²) in [7, 11) is 1.43. The Morgan fingerprint density at radius 1 is 1.12 bits per heavy atom. The predicted octanol–water partition coefficient (Wildman–Crippen LogP) is 3.83. The first kappa shape index (κ1) is 19.0. The fourth-order valence-electron chi connectivity index (χ4n) is 1.96. The van der Waals surface area contributed by atoms with Gasteiger partial charge in [0.15, 0.2) is 5.11 Å². The molecule has 0 fully saturated rings. The lowest BCUT2D eigenvalue weighted by atomic mass is 10.2. The fraction of sp³-hybridized carbons (Fsp3) is 0.0625. The Balaban J connectivity index is 2.10. The number of amides is 1. The molecule has 0 atom stereocenters.